The molecule has 1 fully saturated rings. The lowest BCUT2D eigenvalue weighted by atomic mass is 10.2. The number of anilines is 1. The third-order valence-corrected chi connectivity index (χ3v) is 3.50. The van der Waals surface area contributed by atoms with E-state index < -0.39 is 0 Å². The zero-order chi connectivity index (χ0) is 16.7. The van der Waals surface area contributed by atoms with Crippen LogP contribution in [-0.2, 0) is 4.74 Å². The second kappa shape index (κ2) is 8.53. The minimum absolute atomic E-state index is 0.0939. The van der Waals surface area contributed by atoms with Gasteiger partial charge in [0.1, 0.15) is 0 Å². The van der Waals surface area contributed by atoms with E-state index in [2.05, 4.69) is 24.5 Å². The van der Waals surface area contributed by atoms with Crippen molar-refractivity contribution in [1.82, 2.24) is 10.6 Å². The van der Waals surface area contributed by atoms with Crippen molar-refractivity contribution >= 4 is 17.6 Å². The van der Waals surface area contributed by atoms with Crippen molar-refractivity contribution in [2.75, 3.05) is 37.7 Å². The smallest absolute Gasteiger partial charge is 0.321 e. The number of nitrogens with one attached hydrogen (secondary N) is 2. The first kappa shape index (κ1) is 17.3. The first-order chi connectivity index (χ1) is 11.1. The third-order valence-electron chi connectivity index (χ3n) is 3.50. The summed E-state index contributed by atoms with van der Waals surface area (Å²) >= 11 is 0. The molecule has 2 rings (SSSR count). The topological polar surface area (TPSA) is 70.7 Å². The van der Waals surface area contributed by atoms with Gasteiger partial charge in [-0.1, -0.05) is 13.8 Å². The molecule has 1 heterocycles. The molecule has 0 saturated carbocycles. The molecule has 0 radical (unpaired) electrons. The van der Waals surface area contributed by atoms with Crippen LogP contribution in [0.5, 0.6) is 0 Å². The van der Waals surface area contributed by atoms with Crippen molar-refractivity contribution in [3.8, 4) is 0 Å². The van der Waals surface area contributed by atoms with E-state index in [4.69, 9.17) is 4.74 Å². The predicted molar refractivity (Wildman–Crippen MR) is 89.8 cm³/mol. The van der Waals surface area contributed by atoms with Gasteiger partial charge >= 0.3 is 6.03 Å². The first-order valence-electron chi connectivity index (χ1n) is 8.09. The summed E-state index contributed by atoms with van der Waals surface area (Å²) in [4.78, 5) is 25.3. The zero-order valence-electron chi connectivity index (χ0n) is 13.8. The number of rotatable bonds is 8. The van der Waals surface area contributed by atoms with Crippen LogP contribution in [0.15, 0.2) is 24.3 Å². The lowest BCUT2D eigenvalue weighted by Gasteiger charge is -2.14. The first-order valence-corrected chi connectivity index (χ1v) is 8.09. The van der Waals surface area contributed by atoms with E-state index in [0.717, 1.165) is 18.7 Å². The molecule has 1 aliphatic rings. The number of nitrogens with zero attached hydrogens (tertiary/aromatic N) is 1. The number of carbonyl (C=O) groups is 2. The van der Waals surface area contributed by atoms with Crippen LogP contribution in [0.2, 0.25) is 0 Å². The molecule has 0 unspecified atom stereocenters. The van der Waals surface area contributed by atoms with Gasteiger partial charge < -0.3 is 15.4 Å². The number of amides is 3. The number of hydrogen-bond donors (Lipinski definition) is 2. The molecule has 0 bridgehead atoms. The molecular formula is C17H25N3O3. The van der Waals surface area contributed by atoms with E-state index in [0.29, 0.717) is 37.7 Å². The largest absolute Gasteiger partial charge is 0.381 e. The van der Waals surface area contributed by atoms with Gasteiger partial charge in [0.25, 0.3) is 5.91 Å². The highest BCUT2D eigenvalue weighted by Crippen LogP contribution is 2.17. The molecular weight excluding hydrogens is 294 g/mol. The van der Waals surface area contributed by atoms with Crippen molar-refractivity contribution in [2.24, 2.45) is 5.92 Å². The molecule has 1 aromatic rings. The molecule has 0 spiro atoms. The van der Waals surface area contributed by atoms with Gasteiger partial charge in [0, 0.05) is 44.1 Å². The van der Waals surface area contributed by atoms with E-state index in [1.54, 1.807) is 29.2 Å². The fourth-order valence-corrected chi connectivity index (χ4v) is 2.31. The van der Waals surface area contributed by atoms with Crippen LogP contribution in [0.4, 0.5) is 10.5 Å². The molecule has 0 atom stereocenters. The lowest BCUT2D eigenvalue weighted by Crippen LogP contribution is -2.28. The summed E-state index contributed by atoms with van der Waals surface area (Å²) in [6, 6.07) is 6.98. The van der Waals surface area contributed by atoms with Gasteiger partial charge in [0.2, 0.25) is 0 Å². The van der Waals surface area contributed by atoms with Crippen LogP contribution in [0, 0.1) is 5.92 Å². The molecule has 126 valence electrons. The Labute approximate surface area is 137 Å². The van der Waals surface area contributed by atoms with Crippen molar-refractivity contribution in [3.05, 3.63) is 29.8 Å². The second-order valence-electron chi connectivity index (χ2n) is 6.01. The summed E-state index contributed by atoms with van der Waals surface area (Å²) < 4.78 is 5.47. The van der Waals surface area contributed by atoms with E-state index >= 15 is 0 Å². The summed E-state index contributed by atoms with van der Waals surface area (Å²) in [7, 11) is 0. The van der Waals surface area contributed by atoms with E-state index in [-0.39, 0.29) is 11.9 Å². The van der Waals surface area contributed by atoms with E-state index in [1.165, 1.54) is 0 Å². The second-order valence-corrected chi connectivity index (χ2v) is 6.01. The van der Waals surface area contributed by atoms with Crippen molar-refractivity contribution in [3.63, 3.8) is 0 Å². The fraction of sp³-hybridized carbons (Fsp3) is 0.529. The number of hydrogen-bond acceptors (Lipinski definition) is 3. The van der Waals surface area contributed by atoms with Crippen molar-refractivity contribution in [1.29, 1.82) is 0 Å². The zero-order valence-corrected chi connectivity index (χ0v) is 13.8. The Morgan fingerprint density at radius 2 is 2.09 bits per heavy atom. The number of urea groups is 1. The summed E-state index contributed by atoms with van der Waals surface area (Å²) in [6.45, 7) is 7.52. The molecule has 0 aromatic heterocycles. The lowest BCUT2D eigenvalue weighted by molar-refractivity contribution is 0.0925. The molecule has 3 amide bonds. The maximum absolute atomic E-state index is 12.0. The number of benzene rings is 1. The van der Waals surface area contributed by atoms with E-state index in [1.807, 2.05) is 0 Å². The molecule has 1 saturated heterocycles. The molecule has 6 nitrogen and oxygen atoms in total. The highest BCUT2D eigenvalue weighted by atomic mass is 16.5. The van der Waals surface area contributed by atoms with Gasteiger partial charge in [-0.15, -0.1) is 0 Å². The quantitative estimate of drug-likeness (QED) is 0.720. The third kappa shape index (κ3) is 5.25. The highest BCUT2D eigenvalue weighted by molar-refractivity contribution is 5.96. The summed E-state index contributed by atoms with van der Waals surface area (Å²) in [5.41, 5.74) is 1.40. The Balaban J connectivity index is 1.73. The van der Waals surface area contributed by atoms with E-state index in [9.17, 15) is 9.59 Å². The standard InChI is InChI=1S/C17H25N3O3/c1-13(2)12-23-11-3-8-18-16(21)14-4-6-15(7-5-14)20-10-9-19-17(20)22/h4-7,13H,3,8-12H2,1-2H3,(H,18,21)(H,19,22). The normalized spacial score (nSPS) is 14.2. The number of carbonyl (C=O) groups excluding carboxylic acids is 2. The minimum atomic E-state index is -0.105. The van der Waals surface area contributed by atoms with Crippen LogP contribution in [0.1, 0.15) is 30.6 Å². The summed E-state index contributed by atoms with van der Waals surface area (Å²) in [6.07, 6.45) is 0.796. The minimum Gasteiger partial charge on any atom is -0.381 e. The van der Waals surface area contributed by atoms with Crippen molar-refractivity contribution < 1.29 is 14.3 Å². The van der Waals surface area contributed by atoms with Crippen LogP contribution in [0.3, 0.4) is 0 Å². The SMILES string of the molecule is CC(C)COCCCNC(=O)c1ccc(N2CCNC2=O)cc1. The molecule has 0 aliphatic carbocycles. The van der Waals surface area contributed by atoms with Crippen LogP contribution in [0.25, 0.3) is 0 Å². The van der Waals surface area contributed by atoms with Crippen LogP contribution >= 0.6 is 0 Å². The Morgan fingerprint density at radius 3 is 2.70 bits per heavy atom. The van der Waals surface area contributed by atoms with Gasteiger partial charge in [-0.05, 0) is 36.6 Å². The average molecular weight is 319 g/mol. The Kier molecular flexibility index (Phi) is 6.40. The molecule has 1 aliphatic heterocycles. The Morgan fingerprint density at radius 1 is 1.35 bits per heavy atom. The maximum Gasteiger partial charge on any atom is 0.321 e. The van der Waals surface area contributed by atoms with Gasteiger partial charge in [-0.2, -0.15) is 0 Å². The average Bonchev–Trinajstić information content (AvgIpc) is 2.96. The highest BCUT2D eigenvalue weighted by Gasteiger charge is 2.21. The molecule has 23 heavy (non-hydrogen) atoms. The van der Waals surface area contributed by atoms with Crippen LogP contribution in [-0.4, -0.2) is 44.8 Å². The molecule has 1 aromatic carbocycles. The van der Waals surface area contributed by atoms with Gasteiger partial charge in [0.05, 0.1) is 0 Å². The Bertz CT molecular complexity index is 528. The monoisotopic (exact) mass is 319 g/mol. The summed E-state index contributed by atoms with van der Waals surface area (Å²) in [5, 5.41) is 5.63. The van der Waals surface area contributed by atoms with Crippen molar-refractivity contribution in [2.45, 2.75) is 20.3 Å². The molecule has 6 heteroatoms. The van der Waals surface area contributed by atoms with Gasteiger partial charge in [-0.25, -0.2) is 4.79 Å². The van der Waals surface area contributed by atoms with Crippen LogP contribution < -0.4 is 15.5 Å². The predicted octanol–water partition coefficient (Wildman–Crippen LogP) is 2.01. The fourth-order valence-electron chi connectivity index (χ4n) is 2.31. The number of ether oxygens (including phenoxy) is 1. The Hall–Kier alpha value is -2.08. The summed E-state index contributed by atoms with van der Waals surface area (Å²) in [5.74, 6) is 0.423. The van der Waals surface area contributed by atoms with Gasteiger partial charge in [-0.3, -0.25) is 9.69 Å². The molecule has 2 N–H and O–H groups in total. The maximum atomic E-state index is 12.0. The van der Waals surface area contributed by atoms with Gasteiger partial charge in [0.15, 0.2) is 0 Å².